The van der Waals surface area contributed by atoms with Crippen molar-refractivity contribution < 1.29 is 9.90 Å². The molecule has 0 aliphatic carbocycles. The van der Waals surface area contributed by atoms with Gasteiger partial charge in [-0.1, -0.05) is 6.07 Å². The Morgan fingerprint density at radius 2 is 1.96 bits per heavy atom. The van der Waals surface area contributed by atoms with Gasteiger partial charge in [0.2, 0.25) is 0 Å². The Labute approximate surface area is 139 Å². The van der Waals surface area contributed by atoms with Crippen molar-refractivity contribution in [1.29, 1.82) is 0 Å². The van der Waals surface area contributed by atoms with Crippen molar-refractivity contribution in [3.05, 3.63) is 70.3 Å². The quantitative estimate of drug-likeness (QED) is 0.760. The van der Waals surface area contributed by atoms with E-state index in [-0.39, 0.29) is 17.7 Å². The Kier molecular flexibility index (Phi) is 4.22. The van der Waals surface area contributed by atoms with E-state index in [1.807, 2.05) is 42.1 Å². The molecule has 0 radical (unpaired) electrons. The summed E-state index contributed by atoms with van der Waals surface area (Å²) in [5.41, 5.74) is 1.48. The van der Waals surface area contributed by atoms with Crippen LogP contribution in [0.25, 0.3) is 10.9 Å². The largest absolute Gasteiger partial charge is 0.387 e. The van der Waals surface area contributed by atoms with Gasteiger partial charge >= 0.3 is 0 Å². The van der Waals surface area contributed by atoms with Crippen LogP contribution < -0.4 is 10.9 Å². The molecule has 1 aromatic carbocycles. The number of aryl methyl sites for hydroxylation is 2. The highest BCUT2D eigenvalue weighted by Crippen LogP contribution is 2.20. The lowest BCUT2D eigenvalue weighted by molar-refractivity contribution is 0.0914. The number of aromatic nitrogens is 2. The number of nitrogens with one attached hydrogen (secondary N) is 1. The molecule has 1 atom stereocenters. The molecule has 0 spiro atoms. The van der Waals surface area contributed by atoms with Gasteiger partial charge in [-0.15, -0.1) is 0 Å². The molecule has 3 rings (SSSR count). The first-order valence-electron chi connectivity index (χ1n) is 7.64. The van der Waals surface area contributed by atoms with Crippen LogP contribution in [-0.4, -0.2) is 26.7 Å². The number of pyridine rings is 1. The highest BCUT2D eigenvalue weighted by molar-refractivity contribution is 5.93. The highest BCUT2D eigenvalue weighted by Gasteiger charge is 2.14. The molecule has 2 N–H and O–H groups in total. The molecule has 124 valence electrons. The van der Waals surface area contributed by atoms with E-state index >= 15 is 0 Å². The van der Waals surface area contributed by atoms with E-state index in [0.717, 1.165) is 16.5 Å². The van der Waals surface area contributed by atoms with Crippen molar-refractivity contribution in [3.63, 3.8) is 0 Å². The zero-order chi connectivity index (χ0) is 17.3. The minimum atomic E-state index is -0.842. The summed E-state index contributed by atoms with van der Waals surface area (Å²) in [4.78, 5) is 24.0. The van der Waals surface area contributed by atoms with E-state index in [2.05, 4.69) is 5.32 Å². The number of aliphatic hydroxyl groups excluding tert-OH is 1. The number of rotatable bonds is 4. The number of nitrogens with zero attached hydrogens (tertiary/aromatic N) is 2. The predicted octanol–water partition coefficient (Wildman–Crippen LogP) is 1.34. The Hall–Kier alpha value is -2.86. The van der Waals surface area contributed by atoms with Gasteiger partial charge in [-0.2, -0.15) is 0 Å². The maximum atomic E-state index is 12.1. The number of hydrogen-bond acceptors (Lipinski definition) is 3. The normalized spacial score (nSPS) is 12.3. The van der Waals surface area contributed by atoms with Crippen LogP contribution in [0.3, 0.4) is 0 Å². The average Bonchev–Trinajstić information content (AvgIpc) is 2.95. The Balaban J connectivity index is 1.72. The highest BCUT2D eigenvalue weighted by atomic mass is 16.3. The third-order valence-corrected chi connectivity index (χ3v) is 4.12. The summed E-state index contributed by atoms with van der Waals surface area (Å²) in [5, 5.41) is 13.9. The lowest BCUT2D eigenvalue weighted by atomic mass is 10.1. The maximum absolute atomic E-state index is 12.1. The summed E-state index contributed by atoms with van der Waals surface area (Å²) in [6.07, 6.45) is 2.70. The van der Waals surface area contributed by atoms with Crippen LogP contribution in [0, 0.1) is 0 Å². The van der Waals surface area contributed by atoms with E-state index in [1.54, 1.807) is 19.3 Å². The van der Waals surface area contributed by atoms with E-state index in [4.69, 9.17) is 0 Å². The Morgan fingerprint density at radius 3 is 2.75 bits per heavy atom. The summed E-state index contributed by atoms with van der Waals surface area (Å²) in [6, 6.07) is 10.7. The standard InChI is InChI=1S/C18H19N3O3/c1-20-9-7-12-10-13(5-6-15(12)20)16(22)11-19-17(23)14-4-3-8-21(2)18(14)24/h3-10,16,22H,11H2,1-2H3,(H,19,23)/t16-/m1/s1. The van der Waals surface area contributed by atoms with Gasteiger partial charge in [0.1, 0.15) is 5.56 Å². The number of benzene rings is 1. The van der Waals surface area contributed by atoms with Crippen LogP contribution in [0.4, 0.5) is 0 Å². The van der Waals surface area contributed by atoms with E-state index in [9.17, 15) is 14.7 Å². The van der Waals surface area contributed by atoms with E-state index < -0.39 is 12.0 Å². The van der Waals surface area contributed by atoms with Gasteiger partial charge in [0.15, 0.2) is 0 Å². The number of carbonyl (C=O) groups excluding carboxylic acids is 1. The fraction of sp³-hybridized carbons (Fsp3) is 0.222. The summed E-state index contributed by atoms with van der Waals surface area (Å²) in [7, 11) is 3.54. The number of carbonyl (C=O) groups is 1. The smallest absolute Gasteiger partial charge is 0.263 e. The number of aliphatic hydroxyl groups is 1. The minimum absolute atomic E-state index is 0.0369. The van der Waals surface area contributed by atoms with Gasteiger partial charge in [0.25, 0.3) is 11.5 Å². The van der Waals surface area contributed by atoms with Gasteiger partial charge in [-0.25, -0.2) is 0 Å². The third kappa shape index (κ3) is 2.96. The van der Waals surface area contributed by atoms with Crippen LogP contribution in [0.1, 0.15) is 22.0 Å². The zero-order valence-electron chi connectivity index (χ0n) is 13.6. The molecule has 0 fully saturated rings. The number of fused-ring (bicyclic) bond motifs is 1. The molecule has 0 bridgehead atoms. The van der Waals surface area contributed by atoms with Crippen LogP contribution >= 0.6 is 0 Å². The fourth-order valence-corrected chi connectivity index (χ4v) is 2.68. The fourth-order valence-electron chi connectivity index (χ4n) is 2.68. The van der Waals surface area contributed by atoms with Gasteiger partial charge in [0, 0.05) is 38.6 Å². The van der Waals surface area contributed by atoms with Crippen molar-refractivity contribution in [2.75, 3.05) is 6.54 Å². The van der Waals surface area contributed by atoms with E-state index in [0.29, 0.717) is 0 Å². The van der Waals surface area contributed by atoms with Crippen molar-refractivity contribution >= 4 is 16.8 Å². The predicted molar refractivity (Wildman–Crippen MR) is 91.9 cm³/mol. The van der Waals surface area contributed by atoms with Crippen LogP contribution in [0.5, 0.6) is 0 Å². The minimum Gasteiger partial charge on any atom is -0.387 e. The molecule has 0 saturated heterocycles. The molecule has 0 unspecified atom stereocenters. The number of amides is 1. The molecule has 0 aliphatic heterocycles. The first-order chi connectivity index (χ1) is 11.5. The Morgan fingerprint density at radius 1 is 1.17 bits per heavy atom. The second-order valence-electron chi connectivity index (χ2n) is 5.81. The monoisotopic (exact) mass is 325 g/mol. The van der Waals surface area contributed by atoms with Gasteiger partial charge < -0.3 is 19.6 Å². The van der Waals surface area contributed by atoms with Crippen LogP contribution in [0.15, 0.2) is 53.6 Å². The van der Waals surface area contributed by atoms with Crippen LogP contribution in [-0.2, 0) is 14.1 Å². The van der Waals surface area contributed by atoms with Crippen molar-refractivity contribution in [2.24, 2.45) is 14.1 Å². The van der Waals surface area contributed by atoms with Gasteiger partial charge in [-0.3, -0.25) is 9.59 Å². The lowest BCUT2D eigenvalue weighted by Gasteiger charge is -2.13. The molecule has 2 heterocycles. The SMILES string of the molecule is Cn1cccc(C(=O)NC[C@@H](O)c2ccc3c(ccn3C)c2)c1=O. The molecular formula is C18H19N3O3. The second kappa shape index (κ2) is 6.33. The summed E-state index contributed by atoms with van der Waals surface area (Å²) < 4.78 is 3.34. The van der Waals surface area contributed by atoms with Gasteiger partial charge in [-0.05, 0) is 41.3 Å². The summed E-state index contributed by atoms with van der Waals surface area (Å²) >= 11 is 0. The molecule has 0 aliphatic rings. The molecule has 1 amide bonds. The topological polar surface area (TPSA) is 76.3 Å². The first-order valence-corrected chi connectivity index (χ1v) is 7.64. The molecule has 6 nitrogen and oxygen atoms in total. The van der Waals surface area contributed by atoms with Crippen molar-refractivity contribution in [3.8, 4) is 0 Å². The average molecular weight is 325 g/mol. The molecule has 0 saturated carbocycles. The maximum Gasteiger partial charge on any atom is 0.263 e. The Bertz CT molecular complexity index is 956. The lowest BCUT2D eigenvalue weighted by Crippen LogP contribution is -2.34. The van der Waals surface area contributed by atoms with Crippen LogP contribution in [0.2, 0.25) is 0 Å². The molecule has 24 heavy (non-hydrogen) atoms. The molecule has 2 aromatic heterocycles. The summed E-state index contributed by atoms with van der Waals surface area (Å²) in [6.45, 7) is 0.0369. The number of hydrogen-bond donors (Lipinski definition) is 2. The molecule has 6 heteroatoms. The molecular weight excluding hydrogens is 306 g/mol. The molecule has 3 aromatic rings. The van der Waals surface area contributed by atoms with Crippen molar-refractivity contribution in [2.45, 2.75) is 6.10 Å². The first kappa shape index (κ1) is 16.0. The third-order valence-electron chi connectivity index (χ3n) is 4.12. The second-order valence-corrected chi connectivity index (χ2v) is 5.81. The van der Waals surface area contributed by atoms with Crippen molar-refractivity contribution in [1.82, 2.24) is 14.5 Å². The zero-order valence-corrected chi connectivity index (χ0v) is 13.6. The van der Waals surface area contributed by atoms with Gasteiger partial charge in [0.05, 0.1) is 6.10 Å². The van der Waals surface area contributed by atoms with E-state index in [1.165, 1.54) is 10.6 Å². The summed E-state index contributed by atoms with van der Waals surface area (Å²) in [5.74, 6) is -0.490.